The third-order valence-corrected chi connectivity index (χ3v) is 3.16. The first-order valence-electron chi connectivity index (χ1n) is 7.33. The topological polar surface area (TPSA) is 21.3 Å². The minimum Gasteiger partial charge on any atom is -0.489 e. The van der Waals surface area contributed by atoms with Crippen molar-refractivity contribution in [3.8, 4) is 16.9 Å². The molecule has 0 heterocycles. The average Bonchev–Trinajstić information content (AvgIpc) is 2.52. The van der Waals surface area contributed by atoms with E-state index in [1.54, 1.807) is 0 Å². The summed E-state index contributed by atoms with van der Waals surface area (Å²) in [7, 11) is 0. The molecule has 0 amide bonds. The van der Waals surface area contributed by atoms with Gasteiger partial charge in [0.25, 0.3) is 0 Å². The molecular formula is C19H23NO. The van der Waals surface area contributed by atoms with Crippen LogP contribution in [0.15, 0.2) is 66.7 Å². The normalized spacial score (nSPS) is 10.6. The van der Waals surface area contributed by atoms with Crippen LogP contribution in [0.3, 0.4) is 0 Å². The molecule has 2 heteroatoms. The SMILES string of the molecule is C=C(CNC(C)C)COc1ccc(-c2ccccc2)cc1. The van der Waals surface area contributed by atoms with Crippen molar-refractivity contribution in [1.29, 1.82) is 0 Å². The van der Waals surface area contributed by atoms with E-state index in [4.69, 9.17) is 4.74 Å². The van der Waals surface area contributed by atoms with Crippen molar-refractivity contribution in [2.24, 2.45) is 0 Å². The molecular weight excluding hydrogens is 258 g/mol. The van der Waals surface area contributed by atoms with Gasteiger partial charge in [-0.15, -0.1) is 0 Å². The lowest BCUT2D eigenvalue weighted by molar-refractivity contribution is 0.347. The van der Waals surface area contributed by atoms with Gasteiger partial charge in [-0.2, -0.15) is 0 Å². The standard InChI is InChI=1S/C19H23NO/c1-15(2)20-13-16(3)14-21-19-11-9-18(10-12-19)17-7-5-4-6-8-17/h4-12,15,20H,3,13-14H2,1-2H3. The number of ether oxygens (including phenoxy) is 1. The molecule has 0 aliphatic carbocycles. The summed E-state index contributed by atoms with van der Waals surface area (Å²) in [4.78, 5) is 0. The van der Waals surface area contributed by atoms with Crippen molar-refractivity contribution in [3.63, 3.8) is 0 Å². The molecule has 0 saturated carbocycles. The van der Waals surface area contributed by atoms with Gasteiger partial charge in [0.15, 0.2) is 0 Å². The summed E-state index contributed by atoms with van der Waals surface area (Å²) < 4.78 is 5.75. The van der Waals surface area contributed by atoms with Crippen LogP contribution in [0, 0.1) is 0 Å². The molecule has 2 rings (SSSR count). The second-order valence-corrected chi connectivity index (χ2v) is 5.46. The molecule has 0 saturated heterocycles. The molecule has 0 bridgehead atoms. The first kappa shape index (κ1) is 15.3. The van der Waals surface area contributed by atoms with Gasteiger partial charge in [0.1, 0.15) is 12.4 Å². The predicted molar refractivity (Wildman–Crippen MR) is 89.7 cm³/mol. The molecule has 0 spiro atoms. The predicted octanol–water partition coefficient (Wildman–Crippen LogP) is 4.29. The Morgan fingerprint density at radius 3 is 2.24 bits per heavy atom. The van der Waals surface area contributed by atoms with Crippen molar-refractivity contribution in [1.82, 2.24) is 5.32 Å². The van der Waals surface area contributed by atoms with Crippen LogP contribution in [0.25, 0.3) is 11.1 Å². The molecule has 2 aromatic rings. The van der Waals surface area contributed by atoms with Crippen LogP contribution in [0.2, 0.25) is 0 Å². The Hall–Kier alpha value is -2.06. The molecule has 0 unspecified atom stereocenters. The zero-order chi connectivity index (χ0) is 15.1. The van der Waals surface area contributed by atoms with E-state index in [1.165, 1.54) is 11.1 Å². The molecule has 0 aromatic heterocycles. The average molecular weight is 281 g/mol. The molecule has 0 aliphatic heterocycles. The number of nitrogens with one attached hydrogen (secondary N) is 1. The Bertz CT molecular complexity index is 558. The molecule has 1 N–H and O–H groups in total. The van der Waals surface area contributed by atoms with E-state index < -0.39 is 0 Å². The lowest BCUT2D eigenvalue weighted by Gasteiger charge is -2.12. The smallest absolute Gasteiger partial charge is 0.119 e. The monoisotopic (exact) mass is 281 g/mol. The Balaban J connectivity index is 1.87. The lowest BCUT2D eigenvalue weighted by Crippen LogP contribution is -2.26. The number of hydrogen-bond acceptors (Lipinski definition) is 2. The van der Waals surface area contributed by atoms with E-state index in [-0.39, 0.29) is 0 Å². The summed E-state index contributed by atoms with van der Waals surface area (Å²) in [5, 5.41) is 3.33. The van der Waals surface area contributed by atoms with Gasteiger partial charge in [0.2, 0.25) is 0 Å². The van der Waals surface area contributed by atoms with Gasteiger partial charge < -0.3 is 10.1 Å². The number of rotatable bonds is 7. The number of hydrogen-bond donors (Lipinski definition) is 1. The second kappa shape index (κ2) is 7.65. The summed E-state index contributed by atoms with van der Waals surface area (Å²) in [5.74, 6) is 0.875. The van der Waals surface area contributed by atoms with E-state index in [9.17, 15) is 0 Å². The molecule has 0 fully saturated rings. The molecule has 2 aromatic carbocycles. The van der Waals surface area contributed by atoms with Gasteiger partial charge in [0, 0.05) is 12.6 Å². The highest BCUT2D eigenvalue weighted by atomic mass is 16.5. The zero-order valence-corrected chi connectivity index (χ0v) is 12.8. The van der Waals surface area contributed by atoms with Crippen LogP contribution < -0.4 is 10.1 Å². The fraction of sp³-hybridized carbons (Fsp3) is 0.263. The van der Waals surface area contributed by atoms with Crippen molar-refractivity contribution < 1.29 is 4.74 Å². The first-order valence-corrected chi connectivity index (χ1v) is 7.33. The van der Waals surface area contributed by atoms with Crippen LogP contribution >= 0.6 is 0 Å². The maximum absolute atomic E-state index is 5.75. The highest BCUT2D eigenvalue weighted by molar-refractivity contribution is 5.63. The van der Waals surface area contributed by atoms with E-state index in [0.717, 1.165) is 17.9 Å². The van der Waals surface area contributed by atoms with Crippen LogP contribution in [0.1, 0.15) is 13.8 Å². The Labute approximate surface area is 127 Å². The van der Waals surface area contributed by atoms with Crippen LogP contribution in [-0.2, 0) is 0 Å². The van der Waals surface area contributed by atoms with Gasteiger partial charge in [-0.3, -0.25) is 0 Å². The van der Waals surface area contributed by atoms with Gasteiger partial charge in [-0.05, 0) is 28.8 Å². The van der Waals surface area contributed by atoms with Crippen LogP contribution in [0.4, 0.5) is 0 Å². The summed E-state index contributed by atoms with van der Waals surface area (Å²) in [6, 6.07) is 19.0. The summed E-state index contributed by atoms with van der Waals surface area (Å²) in [5.41, 5.74) is 3.47. The summed E-state index contributed by atoms with van der Waals surface area (Å²) in [6.07, 6.45) is 0. The second-order valence-electron chi connectivity index (χ2n) is 5.46. The van der Waals surface area contributed by atoms with Crippen LogP contribution in [0.5, 0.6) is 5.75 Å². The van der Waals surface area contributed by atoms with Crippen molar-refractivity contribution >= 4 is 0 Å². The fourth-order valence-corrected chi connectivity index (χ4v) is 1.96. The van der Waals surface area contributed by atoms with Crippen molar-refractivity contribution in [2.75, 3.05) is 13.2 Å². The van der Waals surface area contributed by atoms with E-state index in [1.807, 2.05) is 30.3 Å². The summed E-state index contributed by atoms with van der Waals surface area (Å²) in [6.45, 7) is 9.60. The Morgan fingerprint density at radius 2 is 1.62 bits per heavy atom. The van der Waals surface area contributed by atoms with Gasteiger partial charge >= 0.3 is 0 Å². The largest absolute Gasteiger partial charge is 0.489 e. The lowest BCUT2D eigenvalue weighted by atomic mass is 10.1. The van der Waals surface area contributed by atoms with Gasteiger partial charge in [-0.25, -0.2) is 0 Å². The van der Waals surface area contributed by atoms with Gasteiger partial charge in [-0.1, -0.05) is 62.9 Å². The third-order valence-electron chi connectivity index (χ3n) is 3.16. The van der Waals surface area contributed by atoms with Gasteiger partial charge in [0.05, 0.1) is 0 Å². The van der Waals surface area contributed by atoms with Crippen molar-refractivity contribution in [3.05, 3.63) is 66.7 Å². The highest BCUT2D eigenvalue weighted by Crippen LogP contribution is 2.22. The molecule has 110 valence electrons. The summed E-state index contributed by atoms with van der Waals surface area (Å²) >= 11 is 0. The zero-order valence-electron chi connectivity index (χ0n) is 12.8. The number of benzene rings is 2. The molecule has 2 nitrogen and oxygen atoms in total. The Morgan fingerprint density at radius 1 is 1.00 bits per heavy atom. The molecule has 0 radical (unpaired) electrons. The van der Waals surface area contributed by atoms with Crippen molar-refractivity contribution in [2.45, 2.75) is 19.9 Å². The van der Waals surface area contributed by atoms with E-state index in [0.29, 0.717) is 12.6 Å². The quantitative estimate of drug-likeness (QED) is 0.765. The molecule has 21 heavy (non-hydrogen) atoms. The minimum absolute atomic E-state index is 0.465. The highest BCUT2D eigenvalue weighted by Gasteiger charge is 2.00. The first-order chi connectivity index (χ1) is 10.1. The third kappa shape index (κ3) is 5.09. The van der Waals surface area contributed by atoms with E-state index in [2.05, 4.69) is 50.0 Å². The maximum atomic E-state index is 5.75. The van der Waals surface area contributed by atoms with Crippen LogP contribution in [-0.4, -0.2) is 19.2 Å². The minimum atomic E-state index is 0.465. The maximum Gasteiger partial charge on any atom is 0.119 e. The van der Waals surface area contributed by atoms with E-state index >= 15 is 0 Å². The molecule has 0 atom stereocenters. The Kier molecular flexibility index (Phi) is 5.59. The molecule has 0 aliphatic rings. The fourth-order valence-electron chi connectivity index (χ4n) is 1.96.